The Morgan fingerprint density at radius 3 is 2.07 bits per heavy atom. The molecule has 0 fully saturated rings. The van der Waals surface area contributed by atoms with Crippen LogP contribution in [0.3, 0.4) is 0 Å². The van der Waals surface area contributed by atoms with Gasteiger partial charge in [0.15, 0.2) is 0 Å². The lowest BCUT2D eigenvalue weighted by atomic mass is 10.1. The first-order valence-electron chi connectivity index (χ1n) is 5.52. The van der Waals surface area contributed by atoms with Crippen molar-refractivity contribution >= 4 is 7.60 Å². The van der Waals surface area contributed by atoms with Gasteiger partial charge in [0.2, 0.25) is 0 Å². The molecule has 0 rings (SSSR count). The predicted molar refractivity (Wildman–Crippen MR) is 64.1 cm³/mol. The number of hydrogen-bond donors (Lipinski definition) is 0. The van der Waals surface area contributed by atoms with E-state index in [2.05, 4.69) is 13.8 Å². The normalized spacial score (nSPS) is 13.6. The third-order valence-electron chi connectivity index (χ3n) is 1.91. The Bertz CT molecular complexity index is 236. The van der Waals surface area contributed by atoms with Crippen LogP contribution < -0.4 is 0 Å². The summed E-state index contributed by atoms with van der Waals surface area (Å²) in [5.41, 5.74) is 0. The van der Waals surface area contributed by atoms with E-state index in [0.29, 0.717) is 19.1 Å². The van der Waals surface area contributed by atoms with Gasteiger partial charge in [-0.2, -0.15) is 0 Å². The highest BCUT2D eigenvalue weighted by Gasteiger charge is 2.25. The average molecular weight is 234 g/mol. The average Bonchev–Trinajstić information content (AvgIpc) is 2.14. The lowest BCUT2D eigenvalue weighted by molar-refractivity contribution is 0.226. The van der Waals surface area contributed by atoms with Crippen molar-refractivity contribution in [3.8, 4) is 0 Å². The predicted octanol–water partition coefficient (Wildman–Crippen LogP) is 4.20. The molecule has 0 aliphatic heterocycles. The van der Waals surface area contributed by atoms with Crippen LogP contribution in [0.15, 0.2) is 11.4 Å². The molecular formula is C11H23O3P. The third-order valence-corrected chi connectivity index (χ3v) is 4.16. The van der Waals surface area contributed by atoms with Crippen LogP contribution in [0.4, 0.5) is 0 Å². The van der Waals surface area contributed by atoms with Gasteiger partial charge in [0.1, 0.15) is 0 Å². The van der Waals surface area contributed by atoms with Crippen LogP contribution in [0.25, 0.3) is 0 Å². The minimum absolute atomic E-state index is 0.407. The van der Waals surface area contributed by atoms with Crippen molar-refractivity contribution in [1.29, 1.82) is 0 Å². The molecule has 0 N–H and O–H groups in total. The Kier molecular flexibility index (Phi) is 7.16. The Hall–Kier alpha value is -0.110. The molecule has 0 aromatic rings. The summed E-state index contributed by atoms with van der Waals surface area (Å²) in [6.07, 6.45) is 2.85. The summed E-state index contributed by atoms with van der Waals surface area (Å²) in [6.45, 7) is 10.5. The van der Waals surface area contributed by atoms with E-state index in [-0.39, 0.29) is 0 Å². The minimum Gasteiger partial charge on any atom is -0.306 e. The second-order valence-electron chi connectivity index (χ2n) is 3.81. The fraction of sp³-hybridized carbons (Fsp3) is 0.818. The van der Waals surface area contributed by atoms with Crippen molar-refractivity contribution in [2.45, 2.75) is 41.0 Å². The first-order chi connectivity index (χ1) is 6.96. The molecule has 0 aliphatic carbocycles. The van der Waals surface area contributed by atoms with Gasteiger partial charge >= 0.3 is 7.60 Å². The van der Waals surface area contributed by atoms with Crippen LogP contribution in [-0.2, 0) is 13.6 Å². The second kappa shape index (κ2) is 7.21. The van der Waals surface area contributed by atoms with E-state index in [9.17, 15) is 4.57 Å². The number of hydrogen-bond acceptors (Lipinski definition) is 3. The van der Waals surface area contributed by atoms with E-state index in [0.717, 1.165) is 11.7 Å². The van der Waals surface area contributed by atoms with Crippen molar-refractivity contribution < 1.29 is 13.6 Å². The van der Waals surface area contributed by atoms with Crippen LogP contribution in [0.2, 0.25) is 0 Å². The molecule has 0 saturated carbocycles. The van der Waals surface area contributed by atoms with Crippen molar-refractivity contribution in [3.05, 3.63) is 11.4 Å². The zero-order valence-corrected chi connectivity index (χ0v) is 11.3. The van der Waals surface area contributed by atoms with Gasteiger partial charge in [0, 0.05) is 5.31 Å². The quantitative estimate of drug-likeness (QED) is 0.619. The van der Waals surface area contributed by atoms with Crippen LogP contribution in [0, 0.1) is 5.92 Å². The smallest absolute Gasteiger partial charge is 0.306 e. The van der Waals surface area contributed by atoms with E-state index in [1.54, 1.807) is 0 Å². The third kappa shape index (κ3) is 5.50. The molecule has 0 spiro atoms. The summed E-state index contributed by atoms with van der Waals surface area (Å²) >= 11 is 0. The Morgan fingerprint density at radius 1 is 1.27 bits per heavy atom. The van der Waals surface area contributed by atoms with Crippen LogP contribution in [0.5, 0.6) is 0 Å². The molecule has 90 valence electrons. The highest BCUT2D eigenvalue weighted by atomic mass is 31.2. The fourth-order valence-corrected chi connectivity index (χ4v) is 2.59. The Balaban J connectivity index is 4.60. The monoisotopic (exact) mass is 234 g/mol. The lowest BCUT2D eigenvalue weighted by Gasteiger charge is -2.17. The summed E-state index contributed by atoms with van der Waals surface area (Å²) < 4.78 is 22.7. The molecule has 3 nitrogen and oxygen atoms in total. The second-order valence-corrected chi connectivity index (χ2v) is 6.02. The van der Waals surface area contributed by atoms with Gasteiger partial charge in [0.05, 0.1) is 13.2 Å². The molecule has 0 saturated heterocycles. The Labute approximate surface area is 93.4 Å². The minimum atomic E-state index is -3.01. The van der Waals surface area contributed by atoms with Gasteiger partial charge in [-0.25, -0.2) is 0 Å². The van der Waals surface area contributed by atoms with Gasteiger partial charge in [-0.15, -0.1) is 0 Å². The summed E-state index contributed by atoms with van der Waals surface area (Å²) in [5.74, 6) is 0.552. The van der Waals surface area contributed by atoms with E-state index >= 15 is 0 Å². The zero-order chi connectivity index (χ0) is 11.9. The van der Waals surface area contributed by atoms with E-state index in [1.165, 1.54) is 0 Å². The molecule has 0 atom stereocenters. The molecule has 0 aromatic heterocycles. The van der Waals surface area contributed by atoms with Crippen molar-refractivity contribution in [1.82, 2.24) is 0 Å². The lowest BCUT2D eigenvalue weighted by Crippen LogP contribution is -1.97. The molecule has 0 bridgehead atoms. The first kappa shape index (κ1) is 14.9. The molecule has 0 heterocycles. The van der Waals surface area contributed by atoms with Gasteiger partial charge < -0.3 is 9.05 Å². The van der Waals surface area contributed by atoms with Crippen molar-refractivity contribution in [2.24, 2.45) is 5.92 Å². The summed E-state index contributed by atoms with van der Waals surface area (Å²) in [6, 6.07) is 0. The summed E-state index contributed by atoms with van der Waals surface area (Å²) in [4.78, 5) is 0. The molecule has 0 aliphatic rings. The zero-order valence-electron chi connectivity index (χ0n) is 10.4. The highest BCUT2D eigenvalue weighted by Crippen LogP contribution is 2.55. The van der Waals surface area contributed by atoms with E-state index in [4.69, 9.17) is 9.05 Å². The largest absolute Gasteiger partial charge is 0.356 e. The molecule has 0 radical (unpaired) electrons. The van der Waals surface area contributed by atoms with Crippen LogP contribution in [0.1, 0.15) is 41.0 Å². The van der Waals surface area contributed by atoms with E-state index < -0.39 is 7.60 Å². The van der Waals surface area contributed by atoms with Crippen molar-refractivity contribution in [3.63, 3.8) is 0 Å². The highest BCUT2D eigenvalue weighted by molar-refractivity contribution is 7.58. The molecule has 15 heavy (non-hydrogen) atoms. The molecule has 0 amide bonds. The van der Waals surface area contributed by atoms with Gasteiger partial charge in [-0.1, -0.05) is 19.9 Å². The number of rotatable bonds is 7. The molecule has 0 aromatic carbocycles. The van der Waals surface area contributed by atoms with Crippen LogP contribution in [-0.4, -0.2) is 13.2 Å². The van der Waals surface area contributed by atoms with Crippen molar-refractivity contribution in [2.75, 3.05) is 13.2 Å². The van der Waals surface area contributed by atoms with Gasteiger partial charge in [-0.05, 0) is 33.1 Å². The number of allylic oxidation sites excluding steroid dienone is 2. The molecule has 0 unspecified atom stereocenters. The summed E-state index contributed by atoms with van der Waals surface area (Å²) in [5, 5.41) is 0.722. The fourth-order valence-electron chi connectivity index (χ4n) is 1.10. The maximum Gasteiger partial charge on any atom is 0.356 e. The van der Waals surface area contributed by atoms with Crippen LogP contribution >= 0.6 is 7.60 Å². The maximum atomic E-state index is 12.2. The molecule has 4 heteroatoms. The topological polar surface area (TPSA) is 35.5 Å². The van der Waals surface area contributed by atoms with Gasteiger partial charge in [0.25, 0.3) is 0 Å². The van der Waals surface area contributed by atoms with Gasteiger partial charge in [-0.3, -0.25) is 4.57 Å². The standard InChI is InChI=1S/C11H23O3P/c1-6-13-15(12,14-7-2)11(5)9-8-10(3)4/h9-10H,6-8H2,1-5H3/b11-9+. The van der Waals surface area contributed by atoms with E-state index in [1.807, 2.05) is 26.8 Å². The maximum absolute atomic E-state index is 12.2. The SMILES string of the molecule is CCOP(=O)(OCC)/C(C)=C/CC(C)C. The first-order valence-corrected chi connectivity index (χ1v) is 7.07. The molecular weight excluding hydrogens is 211 g/mol. The Morgan fingerprint density at radius 2 is 1.73 bits per heavy atom. The summed E-state index contributed by atoms with van der Waals surface area (Å²) in [7, 11) is -3.01.